The Kier molecular flexibility index (Phi) is 3.95. The average molecular weight is 294 g/mol. The first-order chi connectivity index (χ1) is 9.51. The maximum Gasteiger partial charge on any atom is 0.315 e. The average Bonchev–Trinajstić information content (AvgIpc) is 2.87. The number of hydrogen-bond acceptors (Lipinski definition) is 3. The van der Waals surface area contributed by atoms with Crippen LogP contribution in [0.2, 0.25) is 5.02 Å². The third kappa shape index (κ3) is 2.92. The third-order valence-corrected chi connectivity index (χ3v) is 2.71. The number of benzene rings is 1. The normalized spacial score (nSPS) is 10.1. The summed E-state index contributed by atoms with van der Waals surface area (Å²) in [6, 6.07) is 8.16. The Hall–Kier alpha value is -2.47. The SMILES string of the molecule is COc1ccc(Cl)cc1-c1ccc(C(=O)N=C(N)N)o1. The van der Waals surface area contributed by atoms with Crippen molar-refractivity contribution in [2.75, 3.05) is 7.11 Å². The lowest BCUT2D eigenvalue weighted by atomic mass is 10.1. The summed E-state index contributed by atoms with van der Waals surface area (Å²) in [5.74, 6) is 0.0454. The Labute approximate surface area is 120 Å². The molecule has 6 nitrogen and oxygen atoms in total. The number of halogens is 1. The summed E-state index contributed by atoms with van der Waals surface area (Å²) in [4.78, 5) is 15.0. The second kappa shape index (κ2) is 5.66. The smallest absolute Gasteiger partial charge is 0.315 e. The quantitative estimate of drug-likeness (QED) is 0.665. The van der Waals surface area contributed by atoms with Crippen LogP contribution in [0.1, 0.15) is 10.6 Å². The van der Waals surface area contributed by atoms with Crippen LogP contribution in [0.3, 0.4) is 0 Å². The predicted octanol–water partition coefficient (Wildman–Crippen LogP) is 2.02. The highest BCUT2D eigenvalue weighted by molar-refractivity contribution is 6.30. The molecule has 1 amide bonds. The number of hydrogen-bond donors (Lipinski definition) is 2. The summed E-state index contributed by atoms with van der Waals surface area (Å²) in [6.07, 6.45) is 0. The number of methoxy groups -OCH3 is 1. The fourth-order valence-electron chi connectivity index (χ4n) is 1.64. The van der Waals surface area contributed by atoms with Gasteiger partial charge < -0.3 is 20.6 Å². The standard InChI is InChI=1S/C13H12ClN3O3/c1-19-9-3-2-7(14)6-8(9)10-4-5-11(20-10)12(18)17-13(15)16/h2-6H,1H3,(H4,15,16,17,18). The molecule has 0 unspecified atom stereocenters. The van der Waals surface area contributed by atoms with E-state index in [1.165, 1.54) is 13.2 Å². The van der Waals surface area contributed by atoms with E-state index in [9.17, 15) is 4.79 Å². The van der Waals surface area contributed by atoms with Crippen molar-refractivity contribution in [3.63, 3.8) is 0 Å². The molecule has 104 valence electrons. The Balaban J connectivity index is 2.41. The van der Waals surface area contributed by atoms with Crippen LogP contribution in [0.5, 0.6) is 5.75 Å². The van der Waals surface area contributed by atoms with Gasteiger partial charge in [0.15, 0.2) is 11.7 Å². The molecule has 1 aromatic heterocycles. The molecule has 0 spiro atoms. The Morgan fingerprint density at radius 2 is 2.05 bits per heavy atom. The largest absolute Gasteiger partial charge is 0.496 e. The van der Waals surface area contributed by atoms with Gasteiger partial charge in [0.2, 0.25) is 0 Å². The number of guanidine groups is 1. The van der Waals surface area contributed by atoms with Crippen molar-refractivity contribution in [3.8, 4) is 17.1 Å². The zero-order valence-corrected chi connectivity index (χ0v) is 11.3. The van der Waals surface area contributed by atoms with E-state index in [2.05, 4.69) is 4.99 Å². The van der Waals surface area contributed by atoms with Crippen molar-refractivity contribution < 1.29 is 13.9 Å². The zero-order valence-electron chi connectivity index (χ0n) is 10.6. The van der Waals surface area contributed by atoms with Gasteiger partial charge in [-0.1, -0.05) is 11.6 Å². The molecule has 1 aromatic carbocycles. The molecule has 0 bridgehead atoms. The molecule has 7 heteroatoms. The van der Waals surface area contributed by atoms with E-state index in [1.54, 1.807) is 24.3 Å². The summed E-state index contributed by atoms with van der Waals surface area (Å²) in [5, 5.41) is 0.523. The minimum absolute atomic E-state index is 0.0235. The highest BCUT2D eigenvalue weighted by Crippen LogP contribution is 2.33. The van der Waals surface area contributed by atoms with Gasteiger partial charge in [0.1, 0.15) is 11.5 Å². The lowest BCUT2D eigenvalue weighted by molar-refractivity contribution is 0.0977. The van der Waals surface area contributed by atoms with Crippen LogP contribution in [-0.4, -0.2) is 19.0 Å². The maximum absolute atomic E-state index is 11.6. The number of nitrogens with zero attached hydrogens (tertiary/aromatic N) is 1. The molecule has 2 aromatic rings. The fourth-order valence-corrected chi connectivity index (χ4v) is 1.81. The van der Waals surface area contributed by atoms with Crippen LogP contribution in [0.4, 0.5) is 0 Å². The van der Waals surface area contributed by atoms with Gasteiger partial charge in [-0.15, -0.1) is 0 Å². The molecule has 20 heavy (non-hydrogen) atoms. The predicted molar refractivity (Wildman–Crippen MR) is 75.8 cm³/mol. The van der Waals surface area contributed by atoms with Crippen molar-refractivity contribution in [2.45, 2.75) is 0 Å². The molecule has 1 heterocycles. The van der Waals surface area contributed by atoms with Crippen molar-refractivity contribution in [1.29, 1.82) is 0 Å². The molecular weight excluding hydrogens is 282 g/mol. The summed E-state index contributed by atoms with van der Waals surface area (Å²) >= 11 is 5.94. The molecule has 0 saturated carbocycles. The molecule has 2 rings (SSSR count). The van der Waals surface area contributed by atoms with E-state index in [0.29, 0.717) is 22.1 Å². The van der Waals surface area contributed by atoms with E-state index in [-0.39, 0.29) is 11.7 Å². The van der Waals surface area contributed by atoms with Gasteiger partial charge in [0, 0.05) is 5.02 Å². The molecular formula is C13H12ClN3O3. The summed E-state index contributed by atoms with van der Waals surface area (Å²) in [6.45, 7) is 0. The first kappa shape index (κ1) is 14.0. The van der Waals surface area contributed by atoms with Crippen LogP contribution in [0, 0.1) is 0 Å². The van der Waals surface area contributed by atoms with Gasteiger partial charge in [-0.3, -0.25) is 4.79 Å². The lowest BCUT2D eigenvalue weighted by Gasteiger charge is -2.06. The van der Waals surface area contributed by atoms with Gasteiger partial charge in [0.05, 0.1) is 12.7 Å². The highest BCUT2D eigenvalue weighted by atomic mass is 35.5. The molecule has 4 N–H and O–H groups in total. The number of nitrogens with two attached hydrogens (primary N) is 2. The highest BCUT2D eigenvalue weighted by Gasteiger charge is 2.15. The minimum atomic E-state index is -0.655. The third-order valence-electron chi connectivity index (χ3n) is 2.47. The lowest BCUT2D eigenvalue weighted by Crippen LogP contribution is -2.24. The Morgan fingerprint density at radius 3 is 2.70 bits per heavy atom. The van der Waals surface area contributed by atoms with E-state index in [0.717, 1.165) is 0 Å². The molecule has 0 aliphatic rings. The van der Waals surface area contributed by atoms with Crippen molar-refractivity contribution in [2.24, 2.45) is 16.5 Å². The van der Waals surface area contributed by atoms with Crippen LogP contribution in [0.25, 0.3) is 11.3 Å². The topological polar surface area (TPSA) is 104 Å². The first-order valence-corrected chi connectivity index (χ1v) is 5.96. The molecule has 0 saturated heterocycles. The fraction of sp³-hybridized carbons (Fsp3) is 0.0769. The zero-order chi connectivity index (χ0) is 14.7. The van der Waals surface area contributed by atoms with E-state index < -0.39 is 5.91 Å². The van der Waals surface area contributed by atoms with Crippen LogP contribution >= 0.6 is 11.6 Å². The summed E-state index contributed by atoms with van der Waals surface area (Å²) in [7, 11) is 1.53. The molecule has 0 fully saturated rings. The summed E-state index contributed by atoms with van der Waals surface area (Å²) < 4.78 is 10.6. The number of carbonyl (C=O) groups is 1. The van der Waals surface area contributed by atoms with E-state index in [1.807, 2.05) is 0 Å². The second-order valence-corrected chi connectivity index (χ2v) is 4.29. The number of ether oxygens (including phenoxy) is 1. The monoisotopic (exact) mass is 293 g/mol. The number of rotatable bonds is 3. The molecule has 0 aliphatic carbocycles. The van der Waals surface area contributed by atoms with Crippen molar-refractivity contribution in [3.05, 3.63) is 41.1 Å². The van der Waals surface area contributed by atoms with E-state index in [4.69, 9.17) is 32.2 Å². The number of carbonyl (C=O) groups excluding carboxylic acids is 1. The van der Waals surface area contributed by atoms with Gasteiger partial charge in [-0.05, 0) is 30.3 Å². The molecule has 0 aliphatic heterocycles. The molecule has 0 radical (unpaired) electrons. The van der Waals surface area contributed by atoms with Gasteiger partial charge >= 0.3 is 5.91 Å². The molecule has 0 atom stereocenters. The van der Waals surface area contributed by atoms with Crippen LogP contribution < -0.4 is 16.2 Å². The van der Waals surface area contributed by atoms with Gasteiger partial charge in [-0.25, -0.2) is 0 Å². The van der Waals surface area contributed by atoms with Crippen molar-refractivity contribution >= 4 is 23.5 Å². The second-order valence-electron chi connectivity index (χ2n) is 3.85. The first-order valence-electron chi connectivity index (χ1n) is 5.59. The maximum atomic E-state index is 11.6. The summed E-state index contributed by atoms with van der Waals surface area (Å²) in [5.41, 5.74) is 10.9. The Bertz CT molecular complexity index is 675. The number of amides is 1. The number of aliphatic imine (C=N–C) groups is 1. The minimum Gasteiger partial charge on any atom is -0.496 e. The number of furan rings is 1. The van der Waals surface area contributed by atoms with Crippen molar-refractivity contribution in [1.82, 2.24) is 0 Å². The van der Waals surface area contributed by atoms with Crippen LogP contribution in [0.15, 0.2) is 39.7 Å². The Morgan fingerprint density at radius 1 is 1.30 bits per heavy atom. The van der Waals surface area contributed by atoms with Gasteiger partial charge in [-0.2, -0.15) is 4.99 Å². The van der Waals surface area contributed by atoms with Gasteiger partial charge in [0.25, 0.3) is 0 Å². The van der Waals surface area contributed by atoms with Crippen LogP contribution in [-0.2, 0) is 0 Å². The van der Waals surface area contributed by atoms with E-state index >= 15 is 0 Å².